The van der Waals surface area contributed by atoms with Crippen LogP contribution < -0.4 is 21.7 Å². The van der Waals surface area contributed by atoms with Gasteiger partial charge in [0, 0.05) is 25.6 Å². The molecule has 0 bridgehead atoms. The lowest BCUT2D eigenvalue weighted by Crippen LogP contribution is -3.00. The number of aromatic nitrogens is 1. The third-order valence-electron chi connectivity index (χ3n) is 4.69. The molecule has 1 aromatic heterocycles. The molecule has 0 aliphatic heterocycles. The summed E-state index contributed by atoms with van der Waals surface area (Å²) < 4.78 is 5.50. The number of nitrogens with zero attached hydrogens (tertiary/aromatic N) is 3. The Bertz CT molecular complexity index is 625. The number of carbonyl (C=O) groups excluding carboxylic acids is 2. The fraction of sp³-hybridized carbons (Fsp3) is 0.667. The topological polar surface area (TPSA) is 59.5 Å². The van der Waals surface area contributed by atoms with Crippen LogP contribution in [0, 0.1) is 0 Å². The van der Waals surface area contributed by atoms with Crippen LogP contribution in [0.15, 0.2) is 18.3 Å². The normalized spacial score (nSPS) is 10.9. The molecule has 8 heteroatoms. The predicted octanol–water partition coefficient (Wildman–Crippen LogP) is 1.88. The predicted molar refractivity (Wildman–Crippen MR) is 116 cm³/mol. The van der Waals surface area contributed by atoms with Crippen molar-refractivity contribution < 1.29 is 35.8 Å². The Balaban J connectivity index is 0.00000784. The van der Waals surface area contributed by atoms with Crippen molar-refractivity contribution in [3.05, 3.63) is 24.0 Å². The molecule has 1 rings (SSSR count). The zero-order chi connectivity index (χ0) is 21.0. The molecule has 0 aromatic carbocycles. The summed E-state index contributed by atoms with van der Waals surface area (Å²) in [5, 5.41) is 1.10. The van der Waals surface area contributed by atoms with E-state index in [1.807, 2.05) is 14.1 Å². The number of rotatable bonds is 12. The van der Waals surface area contributed by atoms with Crippen molar-refractivity contribution in [1.29, 1.82) is 0 Å². The van der Waals surface area contributed by atoms with E-state index in [2.05, 4.69) is 20.9 Å². The van der Waals surface area contributed by atoms with Gasteiger partial charge in [-0.15, -0.1) is 0 Å². The van der Waals surface area contributed by atoms with E-state index in [-0.39, 0.29) is 38.8 Å². The Kier molecular flexibility index (Phi) is 14.4. The summed E-state index contributed by atoms with van der Waals surface area (Å²) in [5.74, 6) is 0.0674. The molecule has 166 valence electrons. The lowest BCUT2D eigenvalue weighted by Gasteiger charge is -2.27. The molecule has 0 fully saturated rings. The van der Waals surface area contributed by atoms with Gasteiger partial charge in [-0.25, -0.2) is 14.6 Å². The van der Waals surface area contributed by atoms with Gasteiger partial charge in [0.2, 0.25) is 5.69 Å². The molecule has 0 saturated carbocycles. The number of alkyl halides is 1. The van der Waals surface area contributed by atoms with E-state index in [4.69, 9.17) is 4.74 Å². The van der Waals surface area contributed by atoms with Crippen molar-refractivity contribution in [1.82, 2.24) is 9.88 Å². The van der Waals surface area contributed by atoms with Crippen LogP contribution in [0.3, 0.4) is 0 Å². The van der Waals surface area contributed by atoms with E-state index in [1.165, 1.54) is 43.4 Å². The summed E-state index contributed by atoms with van der Waals surface area (Å²) in [6.45, 7) is 0.736. The van der Waals surface area contributed by atoms with Gasteiger partial charge in [0.1, 0.15) is 0 Å². The first-order chi connectivity index (χ1) is 13.3. The Labute approximate surface area is 194 Å². The maximum atomic E-state index is 13.0. The minimum absolute atomic E-state index is 0. The standard InChI is InChI=1S/C21H35BrN3O3.BrH/c1-24(2)21(27)28-18-14-13-16-23-19(18)20(26)25(3,4)17-12-10-8-6-5-7-9-11-15-22;/h13-14,16H,5-12,15,17H2,1-4H3;1H/q+1;/p-1. The number of pyridine rings is 1. The summed E-state index contributed by atoms with van der Waals surface area (Å²) in [5.41, 5.74) is 0.203. The summed E-state index contributed by atoms with van der Waals surface area (Å²) in [4.78, 5) is 30.4. The second kappa shape index (κ2) is 14.9. The number of hydrogen-bond acceptors (Lipinski definition) is 4. The van der Waals surface area contributed by atoms with Gasteiger partial charge < -0.3 is 26.6 Å². The molecular weight excluding hydrogens is 502 g/mol. The van der Waals surface area contributed by atoms with Gasteiger partial charge in [-0.2, -0.15) is 0 Å². The molecule has 2 amide bonds. The van der Waals surface area contributed by atoms with Crippen LogP contribution in [0.25, 0.3) is 0 Å². The average Bonchev–Trinajstić information content (AvgIpc) is 2.66. The van der Waals surface area contributed by atoms with Crippen LogP contribution in [-0.4, -0.2) is 66.4 Å². The molecule has 29 heavy (non-hydrogen) atoms. The molecule has 0 aliphatic carbocycles. The fourth-order valence-electron chi connectivity index (χ4n) is 2.87. The van der Waals surface area contributed by atoms with Crippen LogP contribution in [0.4, 0.5) is 4.79 Å². The zero-order valence-electron chi connectivity index (χ0n) is 18.1. The van der Waals surface area contributed by atoms with Crippen LogP contribution in [0.1, 0.15) is 61.9 Å². The van der Waals surface area contributed by atoms with E-state index < -0.39 is 6.09 Å². The molecular formula is C21H35Br2N3O3. The summed E-state index contributed by atoms with van der Waals surface area (Å²) >= 11 is 3.46. The number of ether oxygens (including phenoxy) is 1. The molecule has 6 nitrogen and oxygen atoms in total. The van der Waals surface area contributed by atoms with Gasteiger partial charge >= 0.3 is 12.0 Å². The van der Waals surface area contributed by atoms with Crippen LogP contribution >= 0.6 is 15.9 Å². The van der Waals surface area contributed by atoms with Crippen molar-refractivity contribution in [2.75, 3.05) is 40.1 Å². The largest absolute Gasteiger partial charge is 1.00 e. The van der Waals surface area contributed by atoms with E-state index in [0.717, 1.165) is 24.7 Å². The molecule has 0 saturated heterocycles. The van der Waals surface area contributed by atoms with E-state index in [1.54, 1.807) is 32.4 Å². The molecule has 0 atom stereocenters. The monoisotopic (exact) mass is 535 g/mol. The highest BCUT2D eigenvalue weighted by atomic mass is 79.9. The van der Waals surface area contributed by atoms with E-state index in [9.17, 15) is 9.59 Å². The quantitative estimate of drug-likeness (QED) is 0.232. The van der Waals surface area contributed by atoms with E-state index in [0.29, 0.717) is 0 Å². The smallest absolute Gasteiger partial charge is 0.414 e. The van der Waals surface area contributed by atoms with Gasteiger partial charge in [0.25, 0.3) is 0 Å². The molecule has 0 radical (unpaired) electrons. The Hall–Kier alpha value is -0.990. The second-order valence-electron chi connectivity index (χ2n) is 7.84. The third-order valence-corrected chi connectivity index (χ3v) is 5.25. The molecule has 0 aliphatic rings. The van der Waals surface area contributed by atoms with Crippen molar-refractivity contribution in [3.8, 4) is 5.75 Å². The van der Waals surface area contributed by atoms with Crippen LogP contribution in [0.2, 0.25) is 0 Å². The Morgan fingerprint density at radius 2 is 1.59 bits per heavy atom. The Morgan fingerprint density at radius 1 is 1.03 bits per heavy atom. The number of carbonyl (C=O) groups is 2. The zero-order valence-corrected chi connectivity index (χ0v) is 21.3. The van der Waals surface area contributed by atoms with E-state index >= 15 is 0 Å². The molecule has 1 aromatic rings. The maximum Gasteiger partial charge on any atom is 0.414 e. The second-order valence-corrected chi connectivity index (χ2v) is 8.64. The number of amides is 2. The highest BCUT2D eigenvalue weighted by molar-refractivity contribution is 9.09. The Morgan fingerprint density at radius 3 is 2.14 bits per heavy atom. The highest BCUT2D eigenvalue weighted by Crippen LogP contribution is 2.21. The van der Waals surface area contributed by atoms with Gasteiger partial charge in [-0.3, -0.25) is 4.48 Å². The van der Waals surface area contributed by atoms with Gasteiger partial charge in [0.05, 0.1) is 20.6 Å². The van der Waals surface area contributed by atoms with Gasteiger partial charge in [-0.05, 0) is 31.4 Å². The molecule has 0 N–H and O–H groups in total. The van der Waals surface area contributed by atoms with Gasteiger partial charge in [-0.1, -0.05) is 48.0 Å². The molecule has 0 spiro atoms. The minimum Gasteiger partial charge on any atom is -1.00 e. The summed E-state index contributed by atoms with van der Waals surface area (Å²) in [7, 11) is 6.97. The number of quaternary nitrogens is 1. The fourth-order valence-corrected chi connectivity index (χ4v) is 3.27. The first kappa shape index (κ1) is 28.0. The van der Waals surface area contributed by atoms with Crippen LogP contribution in [0.5, 0.6) is 5.75 Å². The maximum absolute atomic E-state index is 13.0. The lowest BCUT2D eigenvalue weighted by atomic mass is 10.1. The summed E-state index contributed by atoms with van der Waals surface area (Å²) in [6.07, 6.45) is 10.8. The van der Waals surface area contributed by atoms with Crippen molar-refractivity contribution in [3.63, 3.8) is 0 Å². The first-order valence-corrected chi connectivity index (χ1v) is 11.2. The van der Waals surface area contributed by atoms with Crippen molar-refractivity contribution in [2.24, 2.45) is 0 Å². The van der Waals surface area contributed by atoms with Crippen molar-refractivity contribution >= 4 is 27.9 Å². The summed E-state index contributed by atoms with van der Waals surface area (Å²) in [6, 6.07) is 3.27. The minimum atomic E-state index is -0.525. The highest BCUT2D eigenvalue weighted by Gasteiger charge is 2.32. The third kappa shape index (κ3) is 10.6. The number of unbranched alkanes of at least 4 members (excludes halogenated alkanes) is 7. The lowest BCUT2D eigenvalue weighted by molar-refractivity contribution is -0.808. The molecule has 1 heterocycles. The number of halogens is 2. The van der Waals surface area contributed by atoms with Crippen LogP contribution in [-0.2, 0) is 0 Å². The van der Waals surface area contributed by atoms with Gasteiger partial charge in [0.15, 0.2) is 5.75 Å². The molecule has 0 unspecified atom stereocenters. The SMILES string of the molecule is CN(C)C(=O)Oc1cccnc1C(=O)[N+](C)(C)CCCCCCCCCCBr.[Br-]. The van der Waals surface area contributed by atoms with Crippen molar-refractivity contribution in [2.45, 2.75) is 51.4 Å². The number of hydrogen-bond donors (Lipinski definition) is 0. The average molecular weight is 537 g/mol. The first-order valence-electron chi connectivity index (χ1n) is 10.1.